The molecule has 0 saturated carbocycles. The lowest BCUT2D eigenvalue weighted by atomic mass is 10.0. The minimum absolute atomic E-state index is 0.0357. The van der Waals surface area contributed by atoms with Gasteiger partial charge in [0.2, 0.25) is 5.91 Å². The number of rotatable bonds is 4. The third-order valence-electron chi connectivity index (χ3n) is 5.83. The van der Waals surface area contributed by atoms with Crippen LogP contribution in [0, 0.1) is 6.92 Å². The van der Waals surface area contributed by atoms with Crippen LogP contribution < -0.4 is 0 Å². The van der Waals surface area contributed by atoms with E-state index in [1.54, 1.807) is 32.8 Å². The van der Waals surface area contributed by atoms with Crippen molar-refractivity contribution in [3.63, 3.8) is 0 Å². The summed E-state index contributed by atoms with van der Waals surface area (Å²) in [6.07, 6.45) is 3.24. The minimum atomic E-state index is -0.145. The zero-order valence-corrected chi connectivity index (χ0v) is 17.8. The quantitative estimate of drug-likeness (QED) is 0.498. The molecule has 0 spiro atoms. The van der Waals surface area contributed by atoms with Crippen LogP contribution in [0.25, 0.3) is 22.2 Å². The third-order valence-corrected chi connectivity index (χ3v) is 5.83. The Balaban J connectivity index is 1.31. The van der Waals surface area contributed by atoms with Crippen molar-refractivity contribution in [1.29, 1.82) is 0 Å². The van der Waals surface area contributed by atoms with Gasteiger partial charge in [0.05, 0.1) is 12.0 Å². The average molecular weight is 429 g/mol. The van der Waals surface area contributed by atoms with Gasteiger partial charge in [-0.3, -0.25) is 9.59 Å². The lowest BCUT2D eigenvalue weighted by Crippen LogP contribution is -2.51. The first-order valence-electron chi connectivity index (χ1n) is 10.6. The Morgan fingerprint density at radius 3 is 2.44 bits per heavy atom. The van der Waals surface area contributed by atoms with Gasteiger partial charge >= 0.3 is 0 Å². The largest absolute Gasteiger partial charge is 0.459 e. The highest BCUT2D eigenvalue weighted by Crippen LogP contribution is 2.29. The maximum absolute atomic E-state index is 13.0. The molecule has 1 aromatic carbocycles. The molecule has 0 radical (unpaired) electrons. The summed E-state index contributed by atoms with van der Waals surface area (Å²) in [5.74, 6) is 0.142. The lowest BCUT2D eigenvalue weighted by Gasteiger charge is -2.34. The number of amides is 2. The van der Waals surface area contributed by atoms with E-state index < -0.39 is 0 Å². The first kappa shape index (κ1) is 20.0. The summed E-state index contributed by atoms with van der Waals surface area (Å²) in [6, 6.07) is 15.4. The number of aryl methyl sites for hydroxylation is 1. The van der Waals surface area contributed by atoms with Gasteiger partial charge in [-0.25, -0.2) is 9.67 Å². The van der Waals surface area contributed by atoms with Crippen molar-refractivity contribution in [2.24, 2.45) is 0 Å². The molecule has 1 aliphatic heterocycles. The van der Waals surface area contributed by atoms with E-state index in [1.165, 1.54) is 6.26 Å². The molecule has 4 aromatic rings. The maximum atomic E-state index is 13.0. The predicted molar refractivity (Wildman–Crippen MR) is 119 cm³/mol. The van der Waals surface area contributed by atoms with Crippen LogP contribution in [0.15, 0.2) is 65.4 Å². The van der Waals surface area contributed by atoms with Crippen LogP contribution in [0.5, 0.6) is 0 Å². The molecule has 4 heterocycles. The molecule has 0 bridgehead atoms. The van der Waals surface area contributed by atoms with Crippen molar-refractivity contribution in [2.75, 3.05) is 26.2 Å². The van der Waals surface area contributed by atoms with Crippen LogP contribution in [-0.2, 0) is 11.3 Å². The zero-order chi connectivity index (χ0) is 22.1. The second-order valence-corrected chi connectivity index (χ2v) is 7.82. The van der Waals surface area contributed by atoms with Crippen molar-refractivity contribution in [1.82, 2.24) is 24.6 Å². The summed E-state index contributed by atoms with van der Waals surface area (Å²) in [4.78, 5) is 33.4. The number of carbonyl (C=O) groups excluding carboxylic acids is 2. The molecule has 0 atom stereocenters. The molecule has 0 unspecified atom stereocenters. The van der Waals surface area contributed by atoms with Gasteiger partial charge in [-0.05, 0) is 36.2 Å². The van der Waals surface area contributed by atoms with Crippen molar-refractivity contribution in [3.8, 4) is 11.1 Å². The van der Waals surface area contributed by atoms with Gasteiger partial charge in [-0.15, -0.1) is 0 Å². The minimum Gasteiger partial charge on any atom is -0.459 e. The summed E-state index contributed by atoms with van der Waals surface area (Å²) >= 11 is 0. The molecule has 5 rings (SSSR count). The molecule has 3 aromatic heterocycles. The number of hydrogen-bond donors (Lipinski definition) is 0. The standard InChI is InChI=1S/C24H23N5O3/c1-17-22-19(18-6-3-2-4-7-18)9-10-25-23(22)29(26-17)16-21(30)27-11-13-28(14-12-27)24(31)20-8-5-15-32-20/h2-10,15H,11-14,16H2,1H3. The van der Waals surface area contributed by atoms with Crippen molar-refractivity contribution >= 4 is 22.8 Å². The Kier molecular flexibility index (Phi) is 5.18. The number of piperazine rings is 1. The maximum Gasteiger partial charge on any atom is 0.289 e. The topological polar surface area (TPSA) is 84.5 Å². The van der Waals surface area contributed by atoms with E-state index in [0.717, 1.165) is 22.2 Å². The second-order valence-electron chi connectivity index (χ2n) is 7.82. The van der Waals surface area contributed by atoms with Crippen LogP contribution in [0.4, 0.5) is 0 Å². The SMILES string of the molecule is Cc1nn(CC(=O)N2CCN(C(=O)c3ccco3)CC2)c2nccc(-c3ccccc3)c12. The molecule has 8 heteroatoms. The molecule has 8 nitrogen and oxygen atoms in total. The summed E-state index contributed by atoms with van der Waals surface area (Å²) in [6.45, 7) is 3.96. The van der Waals surface area contributed by atoms with Crippen molar-refractivity contribution in [2.45, 2.75) is 13.5 Å². The molecule has 1 fully saturated rings. The molecule has 1 saturated heterocycles. The van der Waals surface area contributed by atoms with E-state index >= 15 is 0 Å². The lowest BCUT2D eigenvalue weighted by molar-refractivity contribution is -0.133. The van der Waals surface area contributed by atoms with Crippen molar-refractivity contribution in [3.05, 3.63) is 72.4 Å². The van der Waals surface area contributed by atoms with Gasteiger partial charge in [0.15, 0.2) is 11.4 Å². The number of carbonyl (C=O) groups is 2. The Bertz CT molecular complexity index is 1260. The smallest absolute Gasteiger partial charge is 0.289 e. The van der Waals surface area contributed by atoms with E-state index in [-0.39, 0.29) is 18.4 Å². The fraction of sp³-hybridized carbons (Fsp3) is 0.250. The number of fused-ring (bicyclic) bond motifs is 1. The molecule has 2 amide bonds. The first-order chi connectivity index (χ1) is 15.6. The third kappa shape index (κ3) is 3.64. The first-order valence-corrected chi connectivity index (χ1v) is 10.6. The van der Waals surface area contributed by atoms with E-state index in [1.807, 2.05) is 31.2 Å². The van der Waals surface area contributed by atoms with Gasteiger partial charge in [0.25, 0.3) is 5.91 Å². The van der Waals surface area contributed by atoms with Gasteiger partial charge in [-0.1, -0.05) is 30.3 Å². The molecule has 162 valence electrons. The highest BCUT2D eigenvalue weighted by Gasteiger charge is 2.27. The summed E-state index contributed by atoms with van der Waals surface area (Å²) in [5.41, 5.74) is 3.68. The number of benzene rings is 1. The van der Waals surface area contributed by atoms with Gasteiger partial charge in [0, 0.05) is 37.8 Å². The van der Waals surface area contributed by atoms with Gasteiger partial charge < -0.3 is 14.2 Å². The highest BCUT2D eigenvalue weighted by atomic mass is 16.3. The molecule has 0 N–H and O–H groups in total. The number of hydrogen-bond acceptors (Lipinski definition) is 5. The molecular formula is C24H23N5O3. The number of pyridine rings is 1. The molecule has 32 heavy (non-hydrogen) atoms. The van der Waals surface area contributed by atoms with E-state index in [0.29, 0.717) is 37.6 Å². The predicted octanol–water partition coefficient (Wildman–Crippen LogP) is 2.98. The van der Waals surface area contributed by atoms with E-state index in [4.69, 9.17) is 4.42 Å². The van der Waals surface area contributed by atoms with E-state index in [2.05, 4.69) is 22.2 Å². The summed E-state index contributed by atoms with van der Waals surface area (Å²) < 4.78 is 6.88. The Hall–Kier alpha value is -3.94. The van der Waals surface area contributed by atoms with Crippen LogP contribution >= 0.6 is 0 Å². The van der Waals surface area contributed by atoms with Crippen LogP contribution in [-0.4, -0.2) is 62.6 Å². The van der Waals surface area contributed by atoms with Crippen LogP contribution in [0.2, 0.25) is 0 Å². The number of aromatic nitrogens is 3. The van der Waals surface area contributed by atoms with E-state index in [9.17, 15) is 9.59 Å². The Morgan fingerprint density at radius 1 is 0.969 bits per heavy atom. The van der Waals surface area contributed by atoms with Crippen LogP contribution in [0.3, 0.4) is 0 Å². The Morgan fingerprint density at radius 2 is 1.72 bits per heavy atom. The van der Waals surface area contributed by atoms with Gasteiger partial charge in [-0.2, -0.15) is 5.10 Å². The molecule has 1 aliphatic rings. The summed E-state index contributed by atoms with van der Waals surface area (Å²) in [7, 11) is 0. The fourth-order valence-electron chi connectivity index (χ4n) is 4.19. The highest BCUT2D eigenvalue weighted by molar-refractivity contribution is 5.95. The second kappa shape index (κ2) is 8.30. The van der Waals surface area contributed by atoms with Gasteiger partial charge in [0.1, 0.15) is 6.54 Å². The normalized spacial score (nSPS) is 14.2. The molecule has 0 aliphatic carbocycles. The number of nitrogens with zero attached hydrogens (tertiary/aromatic N) is 5. The van der Waals surface area contributed by atoms with Crippen molar-refractivity contribution < 1.29 is 14.0 Å². The summed E-state index contributed by atoms with van der Waals surface area (Å²) in [5, 5.41) is 5.58. The fourth-order valence-corrected chi connectivity index (χ4v) is 4.19. The average Bonchev–Trinajstić information content (AvgIpc) is 3.48. The number of furan rings is 1. The Labute approximate surface area is 185 Å². The monoisotopic (exact) mass is 429 g/mol. The zero-order valence-electron chi connectivity index (χ0n) is 17.8. The molecular weight excluding hydrogens is 406 g/mol. The van der Waals surface area contributed by atoms with Crippen LogP contribution in [0.1, 0.15) is 16.2 Å².